The first-order valence-electron chi connectivity index (χ1n) is 9.37. The molecule has 1 amide bonds. The number of hydrogen-bond donors (Lipinski definition) is 0. The maximum Gasteiger partial charge on any atom is 0.274 e. The molecule has 1 aromatic carbocycles. The summed E-state index contributed by atoms with van der Waals surface area (Å²) in [6, 6.07) is 19.9. The van der Waals surface area contributed by atoms with Crippen LogP contribution in [0.5, 0.6) is 0 Å². The van der Waals surface area contributed by atoms with Crippen molar-refractivity contribution in [3.63, 3.8) is 0 Å². The van der Waals surface area contributed by atoms with E-state index in [1.807, 2.05) is 83.1 Å². The summed E-state index contributed by atoms with van der Waals surface area (Å²) in [6.45, 7) is 3.14. The van der Waals surface area contributed by atoms with E-state index in [4.69, 9.17) is 0 Å². The Bertz CT molecular complexity index is 1070. The highest BCUT2D eigenvalue weighted by molar-refractivity contribution is 5.93. The maximum absolute atomic E-state index is 13.3. The van der Waals surface area contributed by atoms with Crippen LogP contribution in [-0.2, 0) is 13.0 Å². The number of rotatable bonds is 6. The zero-order chi connectivity index (χ0) is 19.3. The summed E-state index contributed by atoms with van der Waals surface area (Å²) in [5.41, 5.74) is 4.43. The third kappa shape index (κ3) is 4.09. The van der Waals surface area contributed by atoms with E-state index in [0.717, 1.165) is 22.5 Å². The monoisotopic (exact) mass is 370 g/mol. The fourth-order valence-electron chi connectivity index (χ4n) is 3.20. The van der Waals surface area contributed by atoms with Crippen LogP contribution in [0.15, 0.2) is 79.3 Å². The lowest BCUT2D eigenvalue weighted by molar-refractivity contribution is 0.0739. The lowest BCUT2D eigenvalue weighted by Crippen LogP contribution is -2.33. The molecule has 0 aliphatic heterocycles. The summed E-state index contributed by atoms with van der Waals surface area (Å²) >= 11 is 0. The average Bonchev–Trinajstić information content (AvgIpc) is 3.15. The van der Waals surface area contributed by atoms with E-state index in [1.54, 1.807) is 12.4 Å². The van der Waals surface area contributed by atoms with Gasteiger partial charge in [-0.15, -0.1) is 0 Å². The van der Waals surface area contributed by atoms with Crippen LogP contribution in [0, 0.1) is 6.92 Å². The molecule has 0 aliphatic carbocycles. The number of amides is 1. The molecule has 0 saturated heterocycles. The number of nitrogens with zero attached hydrogens (tertiary/aromatic N) is 4. The van der Waals surface area contributed by atoms with Crippen LogP contribution in [0.3, 0.4) is 0 Å². The van der Waals surface area contributed by atoms with Crippen molar-refractivity contribution in [1.82, 2.24) is 19.3 Å². The van der Waals surface area contributed by atoms with Crippen molar-refractivity contribution in [3.05, 3.63) is 102 Å². The summed E-state index contributed by atoms with van der Waals surface area (Å²) in [7, 11) is 0. The van der Waals surface area contributed by atoms with Gasteiger partial charge in [-0.1, -0.05) is 36.4 Å². The van der Waals surface area contributed by atoms with Gasteiger partial charge in [0.05, 0.1) is 0 Å². The van der Waals surface area contributed by atoms with E-state index in [9.17, 15) is 4.79 Å². The number of pyridine rings is 2. The molecule has 4 rings (SSSR count). The average molecular weight is 370 g/mol. The minimum absolute atomic E-state index is 0.0684. The lowest BCUT2D eigenvalue weighted by Gasteiger charge is -2.22. The number of carbonyl (C=O) groups excluding carboxylic acids is 1. The highest BCUT2D eigenvalue weighted by Gasteiger charge is 2.19. The Balaban J connectivity index is 1.59. The van der Waals surface area contributed by atoms with Crippen LogP contribution in [0.25, 0.3) is 5.65 Å². The Morgan fingerprint density at radius 2 is 1.89 bits per heavy atom. The summed E-state index contributed by atoms with van der Waals surface area (Å²) in [4.78, 5) is 24.0. The van der Waals surface area contributed by atoms with Crippen molar-refractivity contribution in [1.29, 1.82) is 0 Å². The van der Waals surface area contributed by atoms with E-state index in [1.165, 1.54) is 0 Å². The molecule has 4 aromatic rings. The van der Waals surface area contributed by atoms with Crippen LogP contribution in [0.1, 0.15) is 27.3 Å². The third-order valence-corrected chi connectivity index (χ3v) is 4.70. The molecule has 3 heterocycles. The number of imidazole rings is 1. The number of carbonyl (C=O) groups is 1. The molecule has 140 valence electrons. The van der Waals surface area contributed by atoms with Crippen molar-refractivity contribution in [3.8, 4) is 0 Å². The lowest BCUT2D eigenvalue weighted by atomic mass is 10.2. The smallest absolute Gasteiger partial charge is 0.274 e. The van der Waals surface area contributed by atoms with E-state index in [0.29, 0.717) is 25.2 Å². The largest absolute Gasteiger partial charge is 0.333 e. The van der Waals surface area contributed by atoms with Crippen molar-refractivity contribution >= 4 is 11.6 Å². The zero-order valence-electron chi connectivity index (χ0n) is 15.8. The van der Waals surface area contributed by atoms with Gasteiger partial charge in [0, 0.05) is 43.8 Å². The fraction of sp³-hybridized carbons (Fsp3) is 0.174. The van der Waals surface area contributed by atoms with Gasteiger partial charge in [0.2, 0.25) is 0 Å². The molecule has 5 nitrogen and oxygen atoms in total. The van der Waals surface area contributed by atoms with Gasteiger partial charge in [-0.3, -0.25) is 9.78 Å². The molecule has 0 aliphatic rings. The first-order chi connectivity index (χ1) is 13.7. The number of benzene rings is 1. The highest BCUT2D eigenvalue weighted by Crippen LogP contribution is 2.13. The molecule has 0 fully saturated rings. The summed E-state index contributed by atoms with van der Waals surface area (Å²) in [5.74, 6) is -0.0684. The third-order valence-electron chi connectivity index (χ3n) is 4.70. The number of fused-ring (bicyclic) bond motifs is 1. The second kappa shape index (κ2) is 8.05. The molecule has 0 atom stereocenters. The Morgan fingerprint density at radius 1 is 1.07 bits per heavy atom. The summed E-state index contributed by atoms with van der Waals surface area (Å²) in [6.07, 6.45) is 6.22. The Labute approximate surface area is 164 Å². The molecule has 3 aromatic heterocycles. The molecule has 0 saturated carbocycles. The second-order valence-corrected chi connectivity index (χ2v) is 6.88. The van der Waals surface area contributed by atoms with Gasteiger partial charge in [0.1, 0.15) is 11.3 Å². The molecule has 0 bridgehead atoms. The normalized spacial score (nSPS) is 10.9. The SMILES string of the molecule is Cc1ccn2cc(C(=O)N(CCc3ccccn3)Cc3ccccc3)nc2c1. The van der Waals surface area contributed by atoms with Gasteiger partial charge < -0.3 is 9.30 Å². The van der Waals surface area contributed by atoms with Gasteiger partial charge >= 0.3 is 0 Å². The number of aromatic nitrogens is 3. The Morgan fingerprint density at radius 3 is 2.68 bits per heavy atom. The molecule has 0 N–H and O–H groups in total. The molecular formula is C23H22N4O. The van der Waals surface area contributed by atoms with Gasteiger partial charge in [-0.2, -0.15) is 0 Å². The molecule has 0 unspecified atom stereocenters. The second-order valence-electron chi connectivity index (χ2n) is 6.88. The molecule has 0 spiro atoms. The van der Waals surface area contributed by atoms with Gasteiger partial charge in [-0.05, 0) is 42.3 Å². The molecule has 0 radical (unpaired) electrons. The van der Waals surface area contributed by atoms with Crippen LogP contribution in [0.2, 0.25) is 0 Å². The molecular weight excluding hydrogens is 348 g/mol. The first-order valence-corrected chi connectivity index (χ1v) is 9.37. The van der Waals surface area contributed by atoms with Crippen LogP contribution in [0.4, 0.5) is 0 Å². The van der Waals surface area contributed by atoms with Gasteiger partial charge in [0.15, 0.2) is 0 Å². The summed E-state index contributed by atoms with van der Waals surface area (Å²) < 4.78 is 1.89. The van der Waals surface area contributed by atoms with Gasteiger partial charge in [0.25, 0.3) is 5.91 Å². The minimum atomic E-state index is -0.0684. The number of hydrogen-bond acceptors (Lipinski definition) is 3. The zero-order valence-corrected chi connectivity index (χ0v) is 15.8. The van der Waals surface area contributed by atoms with Crippen LogP contribution >= 0.6 is 0 Å². The molecule has 28 heavy (non-hydrogen) atoms. The van der Waals surface area contributed by atoms with E-state index in [2.05, 4.69) is 9.97 Å². The topological polar surface area (TPSA) is 50.5 Å². The minimum Gasteiger partial charge on any atom is -0.333 e. The Hall–Kier alpha value is -3.47. The summed E-state index contributed by atoms with van der Waals surface area (Å²) in [5, 5.41) is 0. The Kier molecular flexibility index (Phi) is 5.15. The number of aryl methyl sites for hydroxylation is 1. The maximum atomic E-state index is 13.3. The van der Waals surface area contributed by atoms with E-state index < -0.39 is 0 Å². The predicted octanol–water partition coefficient (Wildman–Crippen LogP) is 3.92. The standard InChI is InChI=1S/C23H22N4O/c1-18-10-13-26-17-21(25-22(26)15-18)23(28)27(16-19-7-3-2-4-8-19)14-11-20-9-5-6-12-24-20/h2-10,12-13,15,17H,11,14,16H2,1H3. The predicted molar refractivity (Wildman–Crippen MR) is 109 cm³/mol. The van der Waals surface area contributed by atoms with Crippen LogP contribution in [-0.4, -0.2) is 31.7 Å². The highest BCUT2D eigenvalue weighted by atomic mass is 16.2. The van der Waals surface area contributed by atoms with Crippen molar-refractivity contribution in [2.24, 2.45) is 0 Å². The fourth-order valence-corrected chi connectivity index (χ4v) is 3.20. The van der Waals surface area contributed by atoms with E-state index >= 15 is 0 Å². The van der Waals surface area contributed by atoms with E-state index in [-0.39, 0.29) is 5.91 Å². The van der Waals surface area contributed by atoms with Crippen LogP contribution < -0.4 is 0 Å². The molecule has 5 heteroatoms. The van der Waals surface area contributed by atoms with Crippen molar-refractivity contribution < 1.29 is 4.79 Å². The van der Waals surface area contributed by atoms with Crippen molar-refractivity contribution in [2.75, 3.05) is 6.54 Å². The quantitative estimate of drug-likeness (QED) is 0.517. The first kappa shape index (κ1) is 17.9. The van der Waals surface area contributed by atoms with Crippen molar-refractivity contribution in [2.45, 2.75) is 19.9 Å². The van der Waals surface area contributed by atoms with Gasteiger partial charge in [-0.25, -0.2) is 4.98 Å².